The fourth-order valence-corrected chi connectivity index (χ4v) is 2.94. The third-order valence-electron chi connectivity index (χ3n) is 3.76. The van der Waals surface area contributed by atoms with E-state index < -0.39 is 0 Å². The molecule has 98 valence electrons. The largest absolute Gasteiger partial charge is 0.339 e. The molecule has 0 radical (unpaired) electrons. The lowest BCUT2D eigenvalue weighted by Gasteiger charge is -2.37. The van der Waals surface area contributed by atoms with Crippen LogP contribution in [0.25, 0.3) is 0 Å². The van der Waals surface area contributed by atoms with Gasteiger partial charge in [-0.15, -0.1) is 0 Å². The predicted octanol–water partition coefficient (Wildman–Crippen LogP) is 4.02. The van der Waals surface area contributed by atoms with Gasteiger partial charge < -0.3 is 4.90 Å². The fourth-order valence-electron chi connectivity index (χ4n) is 2.28. The number of carbonyl (C=O) groups is 1. The smallest absolute Gasteiger partial charge is 0.254 e. The lowest BCUT2D eigenvalue weighted by molar-refractivity contribution is 0.0629. The lowest BCUT2D eigenvalue weighted by Crippen LogP contribution is -2.41. The van der Waals surface area contributed by atoms with Crippen molar-refractivity contribution in [1.29, 1.82) is 0 Å². The third-order valence-corrected chi connectivity index (χ3v) is 4.42. The monoisotopic (exact) mass is 309 g/mol. The number of nitrogens with zero attached hydrogens (tertiary/aromatic N) is 1. The van der Waals surface area contributed by atoms with E-state index in [9.17, 15) is 4.79 Å². The molecule has 0 saturated carbocycles. The molecule has 2 rings (SSSR count). The maximum absolute atomic E-state index is 12.4. The quantitative estimate of drug-likeness (QED) is 0.767. The molecule has 2 nitrogen and oxygen atoms in total. The first-order valence-electron chi connectivity index (χ1n) is 6.44. The van der Waals surface area contributed by atoms with Crippen LogP contribution in [0.15, 0.2) is 22.7 Å². The fraction of sp³-hybridized carbons (Fsp3) is 0.533. The van der Waals surface area contributed by atoms with Gasteiger partial charge in [0.05, 0.1) is 5.56 Å². The van der Waals surface area contributed by atoms with E-state index in [1.807, 2.05) is 30.0 Å². The number of benzene rings is 1. The van der Waals surface area contributed by atoms with E-state index >= 15 is 0 Å². The van der Waals surface area contributed by atoms with Crippen molar-refractivity contribution in [1.82, 2.24) is 4.90 Å². The van der Waals surface area contributed by atoms with Gasteiger partial charge in [0.15, 0.2) is 0 Å². The van der Waals surface area contributed by atoms with Gasteiger partial charge in [0.25, 0.3) is 5.91 Å². The van der Waals surface area contributed by atoms with Crippen LogP contribution < -0.4 is 0 Å². The molecule has 1 aliphatic heterocycles. The van der Waals surface area contributed by atoms with Gasteiger partial charge in [0.1, 0.15) is 0 Å². The van der Waals surface area contributed by atoms with Crippen LogP contribution in [-0.2, 0) is 0 Å². The number of piperidine rings is 1. The highest BCUT2D eigenvalue weighted by atomic mass is 79.9. The van der Waals surface area contributed by atoms with Crippen LogP contribution in [0.4, 0.5) is 0 Å². The summed E-state index contributed by atoms with van der Waals surface area (Å²) in [6.45, 7) is 8.31. The molecular weight excluding hydrogens is 290 g/mol. The minimum absolute atomic E-state index is 0.150. The average Bonchev–Trinajstić information content (AvgIpc) is 2.28. The molecule has 1 aromatic carbocycles. The molecule has 1 amide bonds. The zero-order chi connectivity index (χ0) is 13.3. The van der Waals surface area contributed by atoms with Crippen LogP contribution in [0.3, 0.4) is 0 Å². The first-order chi connectivity index (χ1) is 8.39. The van der Waals surface area contributed by atoms with E-state index in [4.69, 9.17) is 0 Å². The second-order valence-electron chi connectivity index (χ2n) is 5.94. The van der Waals surface area contributed by atoms with Crippen molar-refractivity contribution in [3.8, 4) is 0 Å². The Morgan fingerprint density at radius 1 is 1.28 bits per heavy atom. The Morgan fingerprint density at radius 3 is 2.44 bits per heavy atom. The molecular formula is C15H20BrNO. The minimum Gasteiger partial charge on any atom is -0.339 e. The molecule has 1 fully saturated rings. The normalized spacial score (nSPS) is 18.8. The van der Waals surface area contributed by atoms with Crippen molar-refractivity contribution in [3.63, 3.8) is 0 Å². The van der Waals surface area contributed by atoms with Gasteiger partial charge in [-0.2, -0.15) is 0 Å². The standard InChI is InChI=1S/C15H20BrNO/c1-11-4-5-12(13(16)10-11)14(18)17-8-6-15(2,3)7-9-17/h4-5,10H,6-9H2,1-3H3. The number of hydrogen-bond acceptors (Lipinski definition) is 1. The van der Waals surface area contributed by atoms with Crippen molar-refractivity contribution in [2.24, 2.45) is 5.41 Å². The third kappa shape index (κ3) is 2.94. The molecule has 3 heteroatoms. The van der Waals surface area contributed by atoms with E-state index in [-0.39, 0.29) is 5.91 Å². The maximum atomic E-state index is 12.4. The molecule has 0 N–H and O–H groups in total. The summed E-state index contributed by atoms with van der Waals surface area (Å²) in [6.07, 6.45) is 2.17. The molecule has 0 unspecified atom stereocenters. The molecule has 1 heterocycles. The van der Waals surface area contributed by atoms with Crippen molar-refractivity contribution in [3.05, 3.63) is 33.8 Å². The van der Waals surface area contributed by atoms with Gasteiger partial charge in [-0.25, -0.2) is 0 Å². The van der Waals surface area contributed by atoms with E-state index in [0.29, 0.717) is 5.41 Å². The summed E-state index contributed by atoms with van der Waals surface area (Å²) in [6, 6.07) is 5.91. The summed E-state index contributed by atoms with van der Waals surface area (Å²) < 4.78 is 0.900. The van der Waals surface area contributed by atoms with Gasteiger partial charge >= 0.3 is 0 Å². The van der Waals surface area contributed by atoms with Crippen molar-refractivity contribution >= 4 is 21.8 Å². The van der Waals surface area contributed by atoms with Gasteiger partial charge in [-0.05, 0) is 58.8 Å². The first-order valence-corrected chi connectivity index (χ1v) is 7.24. The zero-order valence-electron chi connectivity index (χ0n) is 11.3. The number of likely N-dealkylation sites (tertiary alicyclic amines) is 1. The average molecular weight is 310 g/mol. The number of carbonyl (C=O) groups excluding carboxylic acids is 1. The molecule has 1 aromatic rings. The minimum atomic E-state index is 0.150. The van der Waals surface area contributed by atoms with Crippen molar-refractivity contribution < 1.29 is 4.79 Å². The molecule has 1 saturated heterocycles. The second kappa shape index (κ2) is 5.04. The predicted molar refractivity (Wildman–Crippen MR) is 77.8 cm³/mol. The molecule has 0 bridgehead atoms. The summed E-state index contributed by atoms with van der Waals surface area (Å²) in [5.41, 5.74) is 2.32. The summed E-state index contributed by atoms with van der Waals surface area (Å²) in [5.74, 6) is 0.150. The van der Waals surface area contributed by atoms with Crippen LogP contribution in [0.1, 0.15) is 42.6 Å². The van der Waals surface area contributed by atoms with E-state index in [0.717, 1.165) is 36.0 Å². The van der Waals surface area contributed by atoms with Crippen LogP contribution in [0.2, 0.25) is 0 Å². The molecule has 18 heavy (non-hydrogen) atoms. The highest BCUT2D eigenvalue weighted by Gasteiger charge is 2.28. The Hall–Kier alpha value is -0.830. The Morgan fingerprint density at radius 2 is 1.89 bits per heavy atom. The van der Waals surface area contributed by atoms with E-state index in [2.05, 4.69) is 29.8 Å². The Kier molecular flexibility index (Phi) is 3.81. The SMILES string of the molecule is Cc1ccc(C(=O)N2CCC(C)(C)CC2)c(Br)c1. The molecule has 0 aromatic heterocycles. The molecule has 0 spiro atoms. The maximum Gasteiger partial charge on any atom is 0.254 e. The highest BCUT2D eigenvalue weighted by Crippen LogP contribution is 2.31. The topological polar surface area (TPSA) is 20.3 Å². The van der Waals surface area contributed by atoms with Crippen LogP contribution >= 0.6 is 15.9 Å². The van der Waals surface area contributed by atoms with Crippen LogP contribution in [0, 0.1) is 12.3 Å². The zero-order valence-corrected chi connectivity index (χ0v) is 12.9. The van der Waals surface area contributed by atoms with Crippen LogP contribution in [0.5, 0.6) is 0 Å². The Labute approximate surface area is 117 Å². The first kappa shape index (κ1) is 13.6. The second-order valence-corrected chi connectivity index (χ2v) is 6.79. The van der Waals surface area contributed by atoms with Gasteiger partial charge in [-0.1, -0.05) is 19.9 Å². The van der Waals surface area contributed by atoms with Crippen LogP contribution in [-0.4, -0.2) is 23.9 Å². The number of rotatable bonds is 1. The summed E-state index contributed by atoms with van der Waals surface area (Å²) >= 11 is 3.49. The summed E-state index contributed by atoms with van der Waals surface area (Å²) in [4.78, 5) is 14.4. The Bertz CT molecular complexity index is 458. The lowest BCUT2D eigenvalue weighted by atomic mass is 9.82. The number of amides is 1. The van der Waals surface area contributed by atoms with Gasteiger partial charge in [0.2, 0.25) is 0 Å². The van der Waals surface area contributed by atoms with Gasteiger partial charge in [0, 0.05) is 17.6 Å². The summed E-state index contributed by atoms with van der Waals surface area (Å²) in [5, 5.41) is 0. The number of hydrogen-bond donors (Lipinski definition) is 0. The van der Waals surface area contributed by atoms with E-state index in [1.165, 1.54) is 5.56 Å². The van der Waals surface area contributed by atoms with Crippen molar-refractivity contribution in [2.75, 3.05) is 13.1 Å². The Balaban J connectivity index is 2.13. The van der Waals surface area contributed by atoms with E-state index in [1.54, 1.807) is 0 Å². The van der Waals surface area contributed by atoms with Crippen molar-refractivity contribution in [2.45, 2.75) is 33.6 Å². The number of aryl methyl sites for hydroxylation is 1. The number of halogens is 1. The molecule has 0 aliphatic carbocycles. The molecule has 1 aliphatic rings. The molecule has 0 atom stereocenters. The van der Waals surface area contributed by atoms with Gasteiger partial charge in [-0.3, -0.25) is 4.79 Å². The highest BCUT2D eigenvalue weighted by molar-refractivity contribution is 9.10. The summed E-state index contributed by atoms with van der Waals surface area (Å²) in [7, 11) is 0.